The van der Waals surface area contributed by atoms with Crippen molar-refractivity contribution in [2.24, 2.45) is 0 Å². The molecule has 182 valence electrons. The van der Waals surface area contributed by atoms with Crippen LogP contribution >= 0.6 is 0 Å². The summed E-state index contributed by atoms with van der Waals surface area (Å²) in [6.07, 6.45) is 0. The van der Waals surface area contributed by atoms with Crippen LogP contribution in [0.1, 0.15) is 10.4 Å². The van der Waals surface area contributed by atoms with Crippen LogP contribution < -0.4 is 18.9 Å². The normalized spacial score (nSPS) is 13.2. The van der Waals surface area contributed by atoms with E-state index in [1.165, 1.54) is 0 Å². The van der Waals surface area contributed by atoms with Crippen molar-refractivity contribution < 1.29 is 28.5 Å². The highest BCUT2D eigenvalue weighted by molar-refractivity contribution is 5.95. The maximum Gasteiger partial charge on any atom is 0.260 e. The number of amides is 2. The monoisotopic (exact) mass is 476 g/mol. The lowest BCUT2D eigenvalue weighted by Gasteiger charge is -2.34. The van der Waals surface area contributed by atoms with Gasteiger partial charge in [-0.2, -0.15) is 0 Å². The van der Waals surface area contributed by atoms with E-state index in [1.54, 1.807) is 66.5 Å². The van der Waals surface area contributed by atoms with Gasteiger partial charge in [0.15, 0.2) is 6.61 Å². The van der Waals surface area contributed by atoms with E-state index in [2.05, 4.69) is 0 Å². The van der Waals surface area contributed by atoms with Crippen LogP contribution in [0.4, 0.5) is 0 Å². The predicted molar refractivity (Wildman–Crippen MR) is 130 cm³/mol. The maximum absolute atomic E-state index is 12.9. The van der Waals surface area contributed by atoms with Gasteiger partial charge in [0.25, 0.3) is 11.8 Å². The lowest BCUT2D eigenvalue weighted by atomic mass is 10.1. The van der Waals surface area contributed by atoms with Gasteiger partial charge in [-0.3, -0.25) is 9.59 Å². The van der Waals surface area contributed by atoms with Crippen LogP contribution in [0, 0.1) is 0 Å². The van der Waals surface area contributed by atoms with Gasteiger partial charge in [0.1, 0.15) is 28.7 Å². The lowest BCUT2D eigenvalue weighted by Crippen LogP contribution is -2.51. The van der Waals surface area contributed by atoms with E-state index in [0.29, 0.717) is 54.7 Å². The number of hydrogen-bond donors (Lipinski definition) is 0. The zero-order chi connectivity index (χ0) is 24.6. The van der Waals surface area contributed by atoms with Crippen LogP contribution in [0.25, 0.3) is 0 Å². The molecule has 0 radical (unpaired) electrons. The highest BCUT2D eigenvalue weighted by Crippen LogP contribution is 2.25. The molecule has 0 atom stereocenters. The number of ether oxygens (including phenoxy) is 4. The standard InChI is InChI=1S/C27H28N2O6/c1-32-24-16-20(17-25(18-24)33-2)27(31)29-14-12-28(13-15-29)26(30)19-34-21-8-10-23(11-9-21)35-22-6-4-3-5-7-22/h3-11,16-18H,12-15,19H2,1-2H3. The van der Waals surface area contributed by atoms with E-state index >= 15 is 0 Å². The van der Waals surface area contributed by atoms with Crippen molar-refractivity contribution in [3.8, 4) is 28.7 Å². The van der Waals surface area contributed by atoms with Gasteiger partial charge in [0.2, 0.25) is 0 Å². The van der Waals surface area contributed by atoms with Crippen molar-refractivity contribution in [1.82, 2.24) is 9.80 Å². The van der Waals surface area contributed by atoms with Gasteiger partial charge in [0.05, 0.1) is 14.2 Å². The van der Waals surface area contributed by atoms with Gasteiger partial charge in [0, 0.05) is 37.8 Å². The van der Waals surface area contributed by atoms with Crippen molar-refractivity contribution >= 4 is 11.8 Å². The Labute approximate surface area is 204 Å². The maximum atomic E-state index is 12.9. The Hall–Kier alpha value is -4.20. The molecule has 4 rings (SSSR count). The van der Waals surface area contributed by atoms with Crippen molar-refractivity contribution in [2.45, 2.75) is 0 Å². The van der Waals surface area contributed by atoms with Gasteiger partial charge < -0.3 is 28.7 Å². The molecule has 1 aliphatic heterocycles. The minimum Gasteiger partial charge on any atom is -0.497 e. The van der Waals surface area contributed by atoms with Crippen molar-refractivity contribution in [1.29, 1.82) is 0 Å². The van der Waals surface area contributed by atoms with Gasteiger partial charge in [-0.1, -0.05) is 18.2 Å². The van der Waals surface area contributed by atoms with Crippen molar-refractivity contribution in [3.05, 3.63) is 78.4 Å². The SMILES string of the molecule is COc1cc(OC)cc(C(=O)N2CCN(C(=O)COc3ccc(Oc4ccccc4)cc3)CC2)c1. The number of benzene rings is 3. The first-order valence-electron chi connectivity index (χ1n) is 11.3. The molecule has 2 amide bonds. The summed E-state index contributed by atoms with van der Waals surface area (Å²) in [5.41, 5.74) is 0.490. The summed E-state index contributed by atoms with van der Waals surface area (Å²) < 4.78 is 21.9. The molecular formula is C27H28N2O6. The minimum atomic E-state index is -0.122. The number of rotatable bonds is 8. The highest BCUT2D eigenvalue weighted by atomic mass is 16.5. The topological polar surface area (TPSA) is 77.5 Å². The molecule has 0 unspecified atom stereocenters. The summed E-state index contributed by atoms with van der Waals surface area (Å²) in [4.78, 5) is 29.0. The molecule has 0 aliphatic carbocycles. The Bertz CT molecular complexity index is 1120. The predicted octanol–water partition coefficient (Wildman–Crippen LogP) is 3.86. The number of para-hydroxylation sites is 1. The molecule has 1 aliphatic rings. The first kappa shape index (κ1) is 23.9. The second-order valence-electron chi connectivity index (χ2n) is 7.95. The number of carbonyl (C=O) groups excluding carboxylic acids is 2. The summed E-state index contributed by atoms with van der Waals surface area (Å²) in [6, 6.07) is 21.7. The molecule has 0 aromatic heterocycles. The third-order valence-electron chi connectivity index (χ3n) is 5.68. The second-order valence-corrected chi connectivity index (χ2v) is 7.95. The number of hydrogen-bond acceptors (Lipinski definition) is 6. The molecule has 3 aromatic carbocycles. The Kier molecular flexibility index (Phi) is 7.72. The molecule has 1 saturated heterocycles. The third-order valence-corrected chi connectivity index (χ3v) is 5.68. The number of piperazine rings is 1. The van der Waals surface area contributed by atoms with Crippen LogP contribution in [0.5, 0.6) is 28.7 Å². The molecule has 1 fully saturated rings. The molecule has 1 heterocycles. The van der Waals surface area contributed by atoms with Crippen LogP contribution in [0.15, 0.2) is 72.8 Å². The van der Waals surface area contributed by atoms with E-state index in [0.717, 1.165) is 5.75 Å². The van der Waals surface area contributed by atoms with Crippen LogP contribution in [0.3, 0.4) is 0 Å². The van der Waals surface area contributed by atoms with E-state index in [1.807, 2.05) is 30.3 Å². The average Bonchev–Trinajstić information content (AvgIpc) is 2.92. The van der Waals surface area contributed by atoms with Crippen LogP contribution in [0.2, 0.25) is 0 Å². The molecule has 8 heteroatoms. The molecule has 0 saturated carbocycles. The molecule has 0 bridgehead atoms. The Morgan fingerprint density at radius 1 is 0.686 bits per heavy atom. The number of carbonyl (C=O) groups is 2. The summed E-state index contributed by atoms with van der Waals surface area (Å²) in [5.74, 6) is 2.88. The fourth-order valence-electron chi connectivity index (χ4n) is 3.74. The van der Waals surface area contributed by atoms with E-state index in [4.69, 9.17) is 18.9 Å². The summed E-state index contributed by atoms with van der Waals surface area (Å²) in [6.45, 7) is 1.70. The number of nitrogens with zero attached hydrogens (tertiary/aromatic N) is 2. The summed E-state index contributed by atoms with van der Waals surface area (Å²) in [7, 11) is 3.09. The summed E-state index contributed by atoms with van der Waals surface area (Å²) >= 11 is 0. The first-order chi connectivity index (χ1) is 17.1. The summed E-state index contributed by atoms with van der Waals surface area (Å²) in [5, 5.41) is 0. The van der Waals surface area contributed by atoms with Gasteiger partial charge in [-0.15, -0.1) is 0 Å². The molecule has 35 heavy (non-hydrogen) atoms. The minimum absolute atomic E-state index is 0.0695. The Morgan fingerprint density at radius 2 is 1.23 bits per heavy atom. The van der Waals surface area contributed by atoms with Gasteiger partial charge >= 0.3 is 0 Å². The van der Waals surface area contributed by atoms with Gasteiger partial charge in [-0.25, -0.2) is 0 Å². The quantitative estimate of drug-likeness (QED) is 0.491. The van der Waals surface area contributed by atoms with E-state index < -0.39 is 0 Å². The second kappa shape index (κ2) is 11.3. The van der Waals surface area contributed by atoms with E-state index in [-0.39, 0.29) is 18.4 Å². The first-order valence-corrected chi connectivity index (χ1v) is 11.3. The zero-order valence-electron chi connectivity index (χ0n) is 19.8. The fourth-order valence-corrected chi connectivity index (χ4v) is 3.74. The highest BCUT2D eigenvalue weighted by Gasteiger charge is 2.25. The van der Waals surface area contributed by atoms with Crippen molar-refractivity contribution in [2.75, 3.05) is 47.0 Å². The van der Waals surface area contributed by atoms with Crippen molar-refractivity contribution in [3.63, 3.8) is 0 Å². The molecule has 0 N–H and O–H groups in total. The smallest absolute Gasteiger partial charge is 0.260 e. The molecule has 8 nitrogen and oxygen atoms in total. The molecular weight excluding hydrogens is 448 g/mol. The van der Waals surface area contributed by atoms with E-state index in [9.17, 15) is 9.59 Å². The average molecular weight is 477 g/mol. The molecule has 3 aromatic rings. The Morgan fingerprint density at radius 3 is 1.83 bits per heavy atom. The fraction of sp³-hybridized carbons (Fsp3) is 0.259. The Balaban J connectivity index is 1.25. The van der Waals surface area contributed by atoms with Crippen LogP contribution in [-0.4, -0.2) is 68.6 Å². The third kappa shape index (κ3) is 6.23. The van der Waals surface area contributed by atoms with Gasteiger partial charge in [-0.05, 0) is 48.5 Å². The number of methoxy groups -OCH3 is 2. The zero-order valence-corrected chi connectivity index (χ0v) is 19.8. The lowest BCUT2D eigenvalue weighted by molar-refractivity contribution is -0.134. The van der Waals surface area contributed by atoms with Crippen LogP contribution in [-0.2, 0) is 4.79 Å². The molecule has 0 spiro atoms. The largest absolute Gasteiger partial charge is 0.497 e.